The number of carbonyl (C=O) groups excluding carboxylic acids is 1. The highest BCUT2D eigenvalue weighted by Gasteiger charge is 2.63. The van der Waals surface area contributed by atoms with E-state index in [0.717, 1.165) is 56.9 Å². The number of ether oxygens (including phenoxy) is 1. The molecule has 4 heteroatoms. The summed E-state index contributed by atoms with van der Waals surface area (Å²) in [6.45, 7) is 8.43. The Morgan fingerprint density at radius 1 is 0.941 bits per heavy atom. The molecule has 1 heterocycles. The summed E-state index contributed by atoms with van der Waals surface area (Å²) < 4.78 is 5.59. The molecule has 6 rings (SSSR count). The molecule has 0 amide bonds. The van der Waals surface area contributed by atoms with E-state index in [1.165, 1.54) is 44.2 Å². The topological polar surface area (TPSA) is 32.8 Å². The molecular formula is C30H44N2O2. The molecule has 1 saturated heterocycles. The van der Waals surface area contributed by atoms with Crippen molar-refractivity contribution < 1.29 is 9.53 Å². The number of hydrogen-bond acceptors (Lipinski definition) is 4. The van der Waals surface area contributed by atoms with Gasteiger partial charge < -0.3 is 9.64 Å². The first-order valence-corrected chi connectivity index (χ1v) is 14.1. The summed E-state index contributed by atoms with van der Waals surface area (Å²) in [4.78, 5) is 18.8. The van der Waals surface area contributed by atoms with Gasteiger partial charge in [-0.25, -0.2) is 0 Å². The lowest BCUT2D eigenvalue weighted by Gasteiger charge is -2.60. The van der Waals surface area contributed by atoms with E-state index in [-0.39, 0.29) is 11.5 Å². The quantitative estimate of drug-likeness (QED) is 0.598. The number of rotatable bonds is 3. The average Bonchev–Trinajstić information content (AvgIpc) is 3.15. The second-order valence-electron chi connectivity index (χ2n) is 12.8. The fourth-order valence-electron chi connectivity index (χ4n) is 9.45. The highest BCUT2D eigenvalue weighted by Crippen LogP contribution is 2.66. The molecule has 4 nitrogen and oxygen atoms in total. The monoisotopic (exact) mass is 464 g/mol. The van der Waals surface area contributed by atoms with E-state index >= 15 is 0 Å². The maximum absolute atomic E-state index is 13.8. The molecule has 8 atom stereocenters. The summed E-state index contributed by atoms with van der Waals surface area (Å²) in [5.41, 5.74) is 1.73. The third-order valence-electron chi connectivity index (χ3n) is 11.6. The Hall–Kier alpha value is -1.39. The van der Waals surface area contributed by atoms with Gasteiger partial charge in [0.2, 0.25) is 0 Å². The smallest absolute Gasteiger partial charge is 0.156 e. The highest BCUT2D eigenvalue weighted by atomic mass is 16.5. The van der Waals surface area contributed by atoms with E-state index in [1.807, 2.05) is 0 Å². The SMILES string of the molecule is CN(c1ccccc1)[C@H]1CC[C@@]2(C)[C@@H](CC[C@@H]3[C@@H]2CC[C@]2(C)C(=O)[C@@H](N4CCOCC4)C[C@@H]32)C1. The summed E-state index contributed by atoms with van der Waals surface area (Å²) in [5, 5.41) is 0. The fraction of sp³-hybridized carbons (Fsp3) is 0.767. The van der Waals surface area contributed by atoms with Gasteiger partial charge in [0.1, 0.15) is 0 Å². The maximum atomic E-state index is 13.8. The second-order valence-corrected chi connectivity index (χ2v) is 12.8. The zero-order valence-electron chi connectivity index (χ0n) is 21.5. The van der Waals surface area contributed by atoms with Gasteiger partial charge in [-0.1, -0.05) is 32.0 Å². The fourth-order valence-corrected chi connectivity index (χ4v) is 9.45. The van der Waals surface area contributed by atoms with Gasteiger partial charge in [-0.15, -0.1) is 0 Å². The van der Waals surface area contributed by atoms with Gasteiger partial charge in [0.25, 0.3) is 0 Å². The summed E-state index contributed by atoms with van der Waals surface area (Å²) >= 11 is 0. The Balaban J connectivity index is 1.19. The van der Waals surface area contributed by atoms with E-state index in [1.54, 1.807) is 0 Å². The average molecular weight is 465 g/mol. The lowest BCUT2D eigenvalue weighted by atomic mass is 9.45. The van der Waals surface area contributed by atoms with E-state index < -0.39 is 0 Å². The Morgan fingerprint density at radius 2 is 1.71 bits per heavy atom. The van der Waals surface area contributed by atoms with E-state index in [9.17, 15) is 4.79 Å². The maximum Gasteiger partial charge on any atom is 0.156 e. The van der Waals surface area contributed by atoms with Crippen LogP contribution in [0.25, 0.3) is 0 Å². The van der Waals surface area contributed by atoms with Crippen molar-refractivity contribution in [1.29, 1.82) is 0 Å². The number of para-hydroxylation sites is 1. The molecule has 0 bridgehead atoms. The van der Waals surface area contributed by atoms with Crippen molar-refractivity contribution in [3.8, 4) is 0 Å². The van der Waals surface area contributed by atoms with Crippen molar-refractivity contribution in [3.63, 3.8) is 0 Å². The molecule has 0 radical (unpaired) electrons. The lowest BCUT2D eigenvalue weighted by molar-refractivity contribution is -0.141. The molecule has 1 aromatic rings. The number of Topliss-reactive ketones (excluding diaryl/α,β-unsaturated/α-hetero) is 1. The number of morpholine rings is 1. The van der Waals surface area contributed by atoms with Crippen molar-refractivity contribution in [2.24, 2.45) is 34.5 Å². The van der Waals surface area contributed by atoms with Crippen LogP contribution in [0.5, 0.6) is 0 Å². The van der Waals surface area contributed by atoms with Crippen LogP contribution in [0.15, 0.2) is 30.3 Å². The third-order valence-corrected chi connectivity index (χ3v) is 11.6. The molecule has 0 N–H and O–H groups in total. The van der Waals surface area contributed by atoms with E-state index in [4.69, 9.17) is 4.74 Å². The molecule has 1 aliphatic heterocycles. The molecule has 5 fully saturated rings. The van der Waals surface area contributed by atoms with Crippen molar-refractivity contribution in [3.05, 3.63) is 30.3 Å². The van der Waals surface area contributed by atoms with E-state index in [2.05, 4.69) is 61.0 Å². The van der Waals surface area contributed by atoms with Crippen LogP contribution in [0.1, 0.15) is 65.2 Å². The van der Waals surface area contributed by atoms with Crippen LogP contribution in [0.3, 0.4) is 0 Å². The minimum absolute atomic E-state index is 0.0853. The predicted octanol–water partition coefficient (Wildman–Crippen LogP) is 5.41. The summed E-state index contributed by atoms with van der Waals surface area (Å²) in [6.07, 6.45) is 10.2. The Labute approximate surface area is 206 Å². The van der Waals surface area contributed by atoms with Crippen LogP contribution in [0, 0.1) is 34.5 Å². The molecular weight excluding hydrogens is 420 g/mol. The molecule has 4 saturated carbocycles. The van der Waals surface area contributed by atoms with Crippen molar-refractivity contribution in [2.45, 2.75) is 77.3 Å². The normalized spacial score (nSPS) is 44.7. The zero-order valence-corrected chi connectivity index (χ0v) is 21.5. The minimum atomic E-state index is -0.0853. The predicted molar refractivity (Wildman–Crippen MR) is 137 cm³/mol. The van der Waals surface area contributed by atoms with Crippen LogP contribution in [0.2, 0.25) is 0 Å². The van der Waals surface area contributed by atoms with Crippen LogP contribution < -0.4 is 4.90 Å². The summed E-state index contributed by atoms with van der Waals surface area (Å²) in [6, 6.07) is 11.8. The number of carbonyl (C=O) groups is 1. The lowest BCUT2D eigenvalue weighted by Crippen LogP contribution is -2.55. The van der Waals surface area contributed by atoms with Gasteiger partial charge in [0.15, 0.2) is 5.78 Å². The molecule has 0 aromatic heterocycles. The highest BCUT2D eigenvalue weighted by molar-refractivity contribution is 5.92. The van der Waals surface area contributed by atoms with Crippen molar-refractivity contribution in [2.75, 3.05) is 38.3 Å². The second kappa shape index (κ2) is 8.62. The van der Waals surface area contributed by atoms with Gasteiger partial charge in [-0.2, -0.15) is 0 Å². The van der Waals surface area contributed by atoms with Crippen LogP contribution in [0.4, 0.5) is 5.69 Å². The molecule has 5 aliphatic rings. The van der Waals surface area contributed by atoms with Crippen LogP contribution in [-0.4, -0.2) is 56.1 Å². The van der Waals surface area contributed by atoms with Crippen molar-refractivity contribution >= 4 is 11.5 Å². The molecule has 1 aromatic carbocycles. The molecule has 186 valence electrons. The number of benzene rings is 1. The number of anilines is 1. The van der Waals surface area contributed by atoms with Gasteiger partial charge in [-0.05, 0) is 92.6 Å². The summed E-state index contributed by atoms with van der Waals surface area (Å²) in [7, 11) is 2.30. The zero-order chi connectivity index (χ0) is 23.5. The van der Waals surface area contributed by atoms with Crippen molar-refractivity contribution in [1.82, 2.24) is 4.90 Å². The van der Waals surface area contributed by atoms with Crippen LogP contribution in [-0.2, 0) is 9.53 Å². The number of nitrogens with zero attached hydrogens (tertiary/aromatic N) is 2. The van der Waals surface area contributed by atoms with Gasteiger partial charge in [0.05, 0.1) is 19.3 Å². The van der Waals surface area contributed by atoms with Gasteiger partial charge in [-0.3, -0.25) is 9.69 Å². The Kier molecular flexibility index (Phi) is 5.84. The molecule has 4 aliphatic carbocycles. The number of ketones is 1. The first-order chi connectivity index (χ1) is 16.4. The number of fused-ring (bicyclic) bond motifs is 5. The molecule has 0 unspecified atom stereocenters. The minimum Gasteiger partial charge on any atom is -0.379 e. The van der Waals surface area contributed by atoms with Crippen LogP contribution >= 0.6 is 0 Å². The summed E-state index contributed by atoms with van der Waals surface area (Å²) in [5.74, 6) is 3.55. The Morgan fingerprint density at radius 3 is 2.47 bits per heavy atom. The largest absolute Gasteiger partial charge is 0.379 e. The van der Waals surface area contributed by atoms with Gasteiger partial charge >= 0.3 is 0 Å². The third kappa shape index (κ3) is 3.50. The van der Waals surface area contributed by atoms with Gasteiger partial charge in [0, 0.05) is 37.3 Å². The molecule has 34 heavy (non-hydrogen) atoms. The molecule has 0 spiro atoms. The first kappa shape index (κ1) is 23.0. The number of hydrogen-bond donors (Lipinski definition) is 0. The standard InChI is InChI=1S/C30H44N2O2/c1-29-13-11-23(31(3)22-7-5-4-6-8-22)19-21(29)9-10-24-25(29)12-14-30(2)26(24)20-27(28(30)33)32-15-17-34-18-16-32/h4-8,21,23-27H,9-20H2,1-3H3/t21-,23-,24+,25-,26-,27-,29-,30-/m0/s1. The first-order valence-electron chi connectivity index (χ1n) is 14.1. The Bertz CT molecular complexity index is 898. The van der Waals surface area contributed by atoms with E-state index in [0.29, 0.717) is 23.2 Å².